The van der Waals surface area contributed by atoms with E-state index in [2.05, 4.69) is 5.32 Å². The van der Waals surface area contributed by atoms with Crippen molar-refractivity contribution < 1.29 is 14.4 Å². The second-order valence-corrected chi connectivity index (χ2v) is 7.40. The van der Waals surface area contributed by atoms with Crippen molar-refractivity contribution in [1.29, 1.82) is 0 Å². The number of likely N-dealkylation sites (tertiary alicyclic amines) is 1. The first-order valence-electron chi connectivity index (χ1n) is 9.28. The fourth-order valence-corrected chi connectivity index (χ4v) is 4.50. The van der Waals surface area contributed by atoms with Crippen molar-refractivity contribution in [2.24, 2.45) is 17.8 Å². The standard InChI is InChI=1S/C18H28N2O3/c21-16(19-11-5-8-13-6-1-2-7-13)12-20-17(22)14-9-3-4-10-15(14)18(20)23/h13-15H,1-12H2,(H,19,21). The van der Waals surface area contributed by atoms with Gasteiger partial charge in [-0.3, -0.25) is 19.3 Å². The van der Waals surface area contributed by atoms with Gasteiger partial charge in [0, 0.05) is 6.54 Å². The van der Waals surface area contributed by atoms with Gasteiger partial charge in [-0.15, -0.1) is 0 Å². The first-order valence-corrected chi connectivity index (χ1v) is 9.28. The SMILES string of the molecule is O=C(CN1C(=O)C2CCCCC2C1=O)NCCCC1CCCC1. The van der Waals surface area contributed by atoms with Crippen molar-refractivity contribution in [2.45, 2.75) is 64.2 Å². The smallest absolute Gasteiger partial charge is 0.240 e. The lowest BCUT2D eigenvalue weighted by Crippen LogP contribution is -2.41. The minimum absolute atomic E-state index is 0.0892. The number of nitrogens with one attached hydrogen (secondary N) is 1. The molecule has 5 heteroatoms. The van der Waals surface area contributed by atoms with Crippen molar-refractivity contribution in [1.82, 2.24) is 10.2 Å². The Morgan fingerprint density at radius 3 is 2.13 bits per heavy atom. The molecule has 2 saturated carbocycles. The highest BCUT2D eigenvalue weighted by Crippen LogP contribution is 2.37. The molecule has 0 radical (unpaired) electrons. The Kier molecular flexibility index (Phi) is 5.34. The van der Waals surface area contributed by atoms with Crippen molar-refractivity contribution in [2.75, 3.05) is 13.1 Å². The average molecular weight is 320 g/mol. The van der Waals surface area contributed by atoms with Gasteiger partial charge in [-0.2, -0.15) is 0 Å². The van der Waals surface area contributed by atoms with Crippen LogP contribution in [0.25, 0.3) is 0 Å². The van der Waals surface area contributed by atoms with Gasteiger partial charge in [-0.05, 0) is 31.6 Å². The van der Waals surface area contributed by atoms with Crippen LogP contribution >= 0.6 is 0 Å². The molecule has 3 amide bonds. The molecule has 0 spiro atoms. The lowest BCUT2D eigenvalue weighted by Gasteiger charge is -2.19. The lowest BCUT2D eigenvalue weighted by atomic mass is 9.81. The number of imide groups is 1. The monoisotopic (exact) mass is 320 g/mol. The molecule has 1 saturated heterocycles. The van der Waals surface area contributed by atoms with E-state index < -0.39 is 0 Å². The van der Waals surface area contributed by atoms with Gasteiger partial charge >= 0.3 is 0 Å². The third kappa shape index (κ3) is 3.75. The van der Waals surface area contributed by atoms with Crippen LogP contribution in [0, 0.1) is 17.8 Å². The lowest BCUT2D eigenvalue weighted by molar-refractivity contribution is -0.143. The molecule has 3 rings (SSSR count). The Labute approximate surface area is 138 Å². The predicted molar refractivity (Wildman–Crippen MR) is 86.4 cm³/mol. The Balaban J connectivity index is 1.40. The average Bonchev–Trinajstić information content (AvgIpc) is 3.15. The second-order valence-electron chi connectivity index (χ2n) is 7.40. The highest BCUT2D eigenvalue weighted by Gasteiger charge is 2.48. The van der Waals surface area contributed by atoms with E-state index in [1.165, 1.54) is 37.0 Å². The van der Waals surface area contributed by atoms with Crippen molar-refractivity contribution >= 4 is 17.7 Å². The van der Waals surface area contributed by atoms with Crippen LogP contribution in [0.2, 0.25) is 0 Å². The van der Waals surface area contributed by atoms with Crippen LogP contribution in [0.3, 0.4) is 0 Å². The number of nitrogens with zero attached hydrogens (tertiary/aromatic N) is 1. The van der Waals surface area contributed by atoms with Crippen LogP contribution in [0.15, 0.2) is 0 Å². The number of hydrogen-bond acceptors (Lipinski definition) is 3. The number of rotatable bonds is 6. The van der Waals surface area contributed by atoms with Crippen molar-refractivity contribution in [3.8, 4) is 0 Å². The van der Waals surface area contributed by atoms with Crippen LogP contribution in [-0.4, -0.2) is 35.7 Å². The summed E-state index contributed by atoms with van der Waals surface area (Å²) in [7, 11) is 0. The highest BCUT2D eigenvalue weighted by molar-refractivity contribution is 6.07. The fraction of sp³-hybridized carbons (Fsp3) is 0.833. The van der Waals surface area contributed by atoms with Crippen LogP contribution < -0.4 is 5.32 Å². The van der Waals surface area contributed by atoms with Crippen LogP contribution in [0.4, 0.5) is 0 Å². The van der Waals surface area contributed by atoms with Crippen molar-refractivity contribution in [3.05, 3.63) is 0 Å². The van der Waals surface area contributed by atoms with Gasteiger partial charge in [0.2, 0.25) is 17.7 Å². The van der Waals surface area contributed by atoms with E-state index in [0.29, 0.717) is 6.54 Å². The zero-order valence-corrected chi connectivity index (χ0v) is 13.9. The number of carbonyl (C=O) groups excluding carboxylic acids is 3. The molecule has 0 aromatic rings. The number of fused-ring (bicyclic) bond motifs is 1. The summed E-state index contributed by atoms with van der Waals surface area (Å²) in [6, 6.07) is 0. The van der Waals surface area contributed by atoms with Crippen LogP contribution in [-0.2, 0) is 14.4 Å². The molecule has 1 N–H and O–H groups in total. The van der Waals surface area contributed by atoms with Crippen LogP contribution in [0.1, 0.15) is 64.2 Å². The van der Waals surface area contributed by atoms with E-state index in [1.54, 1.807) is 0 Å². The fourth-order valence-electron chi connectivity index (χ4n) is 4.50. The van der Waals surface area contributed by atoms with Gasteiger partial charge in [-0.1, -0.05) is 38.5 Å². The van der Waals surface area contributed by atoms with E-state index in [1.807, 2.05) is 0 Å². The normalized spacial score (nSPS) is 28.3. The number of carbonyl (C=O) groups is 3. The zero-order chi connectivity index (χ0) is 16.2. The molecule has 0 aromatic heterocycles. The van der Waals surface area contributed by atoms with Gasteiger partial charge in [0.25, 0.3) is 0 Å². The van der Waals surface area contributed by atoms with Crippen molar-refractivity contribution in [3.63, 3.8) is 0 Å². The largest absolute Gasteiger partial charge is 0.355 e. The molecule has 2 aliphatic carbocycles. The second kappa shape index (κ2) is 7.45. The van der Waals surface area contributed by atoms with Gasteiger partial charge in [0.05, 0.1) is 11.8 Å². The molecule has 3 aliphatic rings. The molecule has 1 heterocycles. The maximum atomic E-state index is 12.3. The molecular formula is C18H28N2O3. The van der Waals surface area contributed by atoms with Gasteiger partial charge in [0.1, 0.15) is 6.54 Å². The number of hydrogen-bond donors (Lipinski definition) is 1. The third-order valence-electron chi connectivity index (χ3n) is 5.82. The quantitative estimate of drug-likeness (QED) is 0.603. The summed E-state index contributed by atoms with van der Waals surface area (Å²) in [6.45, 7) is 0.562. The Bertz CT molecular complexity index is 447. The molecule has 23 heavy (non-hydrogen) atoms. The molecule has 2 atom stereocenters. The van der Waals surface area contributed by atoms with Gasteiger partial charge in [-0.25, -0.2) is 0 Å². The molecular weight excluding hydrogens is 292 g/mol. The summed E-state index contributed by atoms with van der Waals surface area (Å²) in [5, 5.41) is 2.87. The minimum atomic E-state index is -0.197. The topological polar surface area (TPSA) is 66.5 Å². The molecule has 3 fully saturated rings. The summed E-state index contributed by atoms with van der Waals surface area (Å²) in [6.07, 6.45) is 11.1. The van der Waals surface area contributed by atoms with E-state index in [0.717, 1.165) is 38.0 Å². The van der Waals surface area contributed by atoms with E-state index in [9.17, 15) is 14.4 Å². The maximum absolute atomic E-state index is 12.3. The summed E-state index contributed by atoms with van der Waals surface area (Å²) in [5.74, 6) is 0.0629. The molecule has 2 unspecified atom stereocenters. The third-order valence-corrected chi connectivity index (χ3v) is 5.82. The van der Waals surface area contributed by atoms with E-state index in [4.69, 9.17) is 0 Å². The molecule has 0 bridgehead atoms. The summed E-state index contributed by atoms with van der Waals surface area (Å²) in [4.78, 5) is 37.9. The van der Waals surface area contributed by atoms with Crippen LogP contribution in [0.5, 0.6) is 0 Å². The number of amides is 3. The van der Waals surface area contributed by atoms with E-state index in [-0.39, 0.29) is 36.1 Å². The molecule has 0 aromatic carbocycles. The highest BCUT2D eigenvalue weighted by atomic mass is 16.2. The first-order chi connectivity index (χ1) is 11.2. The summed E-state index contributed by atoms with van der Waals surface area (Å²) < 4.78 is 0. The first kappa shape index (κ1) is 16.5. The molecule has 1 aliphatic heterocycles. The zero-order valence-electron chi connectivity index (χ0n) is 13.9. The molecule has 5 nitrogen and oxygen atoms in total. The minimum Gasteiger partial charge on any atom is -0.355 e. The Morgan fingerprint density at radius 2 is 1.52 bits per heavy atom. The van der Waals surface area contributed by atoms with E-state index >= 15 is 0 Å². The predicted octanol–water partition coefficient (Wildman–Crippen LogP) is 2.25. The summed E-state index contributed by atoms with van der Waals surface area (Å²) >= 11 is 0. The Hall–Kier alpha value is -1.39. The Morgan fingerprint density at radius 1 is 0.957 bits per heavy atom. The summed E-state index contributed by atoms with van der Waals surface area (Å²) in [5.41, 5.74) is 0. The maximum Gasteiger partial charge on any atom is 0.240 e. The van der Waals surface area contributed by atoms with Gasteiger partial charge < -0.3 is 5.32 Å². The molecule has 128 valence electrons. The van der Waals surface area contributed by atoms with Gasteiger partial charge in [0.15, 0.2) is 0 Å².